The van der Waals surface area contributed by atoms with Gasteiger partial charge in [0.05, 0.1) is 16.7 Å². The molecule has 4 heterocycles. The first-order valence-electron chi connectivity index (χ1n) is 11.6. The number of allylic oxidation sites excluding steroid dienone is 1. The van der Waals surface area contributed by atoms with Crippen LogP contribution >= 0.6 is 0 Å². The van der Waals surface area contributed by atoms with Gasteiger partial charge >= 0.3 is 0 Å². The number of aryl methyl sites for hydroxylation is 1. The van der Waals surface area contributed by atoms with E-state index in [0.717, 1.165) is 39.2 Å². The number of hydrogen-bond donors (Lipinski definition) is 0. The van der Waals surface area contributed by atoms with E-state index in [9.17, 15) is 0 Å². The SMILES string of the molecule is C=CC.Cc1ccc2c(c1)c1ccccc1n2-c1cc(-c2cccnc2)cc(-c2cccnc2)n1. The lowest BCUT2D eigenvalue weighted by Crippen LogP contribution is -2.00. The van der Waals surface area contributed by atoms with Crippen LogP contribution < -0.4 is 0 Å². The minimum absolute atomic E-state index is 0.875. The normalized spacial score (nSPS) is 10.7. The molecule has 0 amide bonds. The molecule has 0 fully saturated rings. The average Bonchev–Trinajstić information content (AvgIpc) is 3.23. The molecule has 170 valence electrons. The van der Waals surface area contributed by atoms with Crippen LogP contribution in [-0.4, -0.2) is 19.5 Å². The summed E-state index contributed by atoms with van der Waals surface area (Å²) in [5.74, 6) is 0.875. The van der Waals surface area contributed by atoms with Gasteiger partial charge < -0.3 is 0 Å². The molecule has 0 N–H and O–H groups in total. The van der Waals surface area contributed by atoms with Crippen LogP contribution in [0.2, 0.25) is 0 Å². The Morgan fingerprint density at radius 3 is 2.11 bits per heavy atom. The van der Waals surface area contributed by atoms with Gasteiger partial charge in [0.1, 0.15) is 5.82 Å². The highest BCUT2D eigenvalue weighted by Gasteiger charge is 2.15. The molecule has 0 bridgehead atoms. The molecule has 2 aromatic carbocycles. The first-order valence-corrected chi connectivity index (χ1v) is 11.6. The van der Waals surface area contributed by atoms with Crippen molar-refractivity contribution in [3.63, 3.8) is 0 Å². The second-order valence-electron chi connectivity index (χ2n) is 8.36. The highest BCUT2D eigenvalue weighted by Crippen LogP contribution is 2.34. The smallest absolute Gasteiger partial charge is 0.138 e. The van der Waals surface area contributed by atoms with Gasteiger partial charge in [-0.2, -0.15) is 0 Å². The first-order chi connectivity index (χ1) is 17.2. The highest BCUT2D eigenvalue weighted by atomic mass is 15.1. The molecule has 0 unspecified atom stereocenters. The van der Waals surface area contributed by atoms with Gasteiger partial charge in [-0.05, 0) is 67.9 Å². The number of hydrogen-bond acceptors (Lipinski definition) is 3. The van der Waals surface area contributed by atoms with Gasteiger partial charge in [-0.15, -0.1) is 6.58 Å². The quantitative estimate of drug-likeness (QED) is 0.256. The molecule has 4 aromatic heterocycles. The number of rotatable bonds is 3. The lowest BCUT2D eigenvalue weighted by molar-refractivity contribution is 1.08. The van der Waals surface area contributed by atoms with Crippen LogP contribution in [0.3, 0.4) is 0 Å². The molecule has 4 nitrogen and oxygen atoms in total. The van der Waals surface area contributed by atoms with Crippen molar-refractivity contribution in [1.82, 2.24) is 19.5 Å². The van der Waals surface area contributed by atoms with E-state index < -0.39 is 0 Å². The summed E-state index contributed by atoms with van der Waals surface area (Å²) in [4.78, 5) is 13.7. The van der Waals surface area contributed by atoms with Crippen molar-refractivity contribution in [2.75, 3.05) is 0 Å². The molecule has 4 heteroatoms. The van der Waals surface area contributed by atoms with Crippen molar-refractivity contribution in [3.8, 4) is 28.2 Å². The van der Waals surface area contributed by atoms with Crippen LogP contribution in [0.15, 0.2) is 116 Å². The number of benzene rings is 2. The Hall–Kier alpha value is -4.57. The number of pyridine rings is 3. The summed E-state index contributed by atoms with van der Waals surface area (Å²) in [6, 6.07) is 27.4. The number of fused-ring (bicyclic) bond motifs is 3. The summed E-state index contributed by atoms with van der Waals surface area (Å²) >= 11 is 0. The molecule has 0 atom stereocenters. The molecule has 6 aromatic rings. The Bertz CT molecular complexity index is 1560. The van der Waals surface area contributed by atoms with Gasteiger partial charge in [-0.1, -0.05) is 42.0 Å². The van der Waals surface area contributed by atoms with Gasteiger partial charge in [0, 0.05) is 46.7 Å². The second kappa shape index (κ2) is 9.74. The zero-order valence-electron chi connectivity index (χ0n) is 19.9. The molecule has 0 aliphatic rings. The van der Waals surface area contributed by atoms with E-state index in [1.807, 2.05) is 37.5 Å². The minimum Gasteiger partial charge on any atom is -0.294 e. The van der Waals surface area contributed by atoms with Gasteiger partial charge in [-0.25, -0.2) is 4.98 Å². The standard InChI is InChI=1S/C28H20N4.C3H6/c1-19-10-11-27-24(14-19)23-8-2-3-9-26(23)32(27)28-16-22(20-6-4-12-29-17-20)15-25(31-28)21-7-5-13-30-18-21;1-3-2/h2-18H,1H3;3H,1H2,2H3. The molecule has 0 saturated heterocycles. The van der Waals surface area contributed by atoms with E-state index >= 15 is 0 Å². The molecular formula is C31H26N4. The third-order valence-corrected chi connectivity index (χ3v) is 5.82. The van der Waals surface area contributed by atoms with Crippen LogP contribution in [0.4, 0.5) is 0 Å². The Labute approximate surface area is 205 Å². The summed E-state index contributed by atoms with van der Waals surface area (Å²) in [6.45, 7) is 7.38. The van der Waals surface area contributed by atoms with Gasteiger partial charge in [0.2, 0.25) is 0 Å². The molecule has 0 aliphatic carbocycles. The van der Waals surface area contributed by atoms with E-state index in [-0.39, 0.29) is 0 Å². The maximum atomic E-state index is 5.10. The highest BCUT2D eigenvalue weighted by molar-refractivity contribution is 6.09. The van der Waals surface area contributed by atoms with Crippen LogP contribution in [0.5, 0.6) is 0 Å². The molecule has 0 saturated carbocycles. The predicted octanol–water partition coefficient (Wildman–Crippen LogP) is 7.80. The summed E-state index contributed by atoms with van der Waals surface area (Å²) in [5.41, 5.74) is 7.51. The zero-order valence-corrected chi connectivity index (χ0v) is 19.9. The van der Waals surface area contributed by atoms with Gasteiger partial charge in [-0.3, -0.25) is 14.5 Å². The Morgan fingerprint density at radius 2 is 1.40 bits per heavy atom. The Kier molecular flexibility index (Phi) is 6.18. The second-order valence-corrected chi connectivity index (χ2v) is 8.36. The van der Waals surface area contributed by atoms with E-state index in [2.05, 4.69) is 88.7 Å². The molecule has 0 radical (unpaired) electrons. The van der Waals surface area contributed by atoms with Crippen molar-refractivity contribution in [1.29, 1.82) is 0 Å². The molecule has 35 heavy (non-hydrogen) atoms. The summed E-state index contributed by atoms with van der Waals surface area (Å²) in [7, 11) is 0. The Balaban J connectivity index is 0.000000806. The molecular weight excluding hydrogens is 428 g/mol. The van der Waals surface area contributed by atoms with Crippen LogP contribution in [0, 0.1) is 6.92 Å². The fourth-order valence-electron chi connectivity index (χ4n) is 4.33. The zero-order chi connectivity index (χ0) is 24.2. The largest absolute Gasteiger partial charge is 0.294 e. The summed E-state index contributed by atoms with van der Waals surface area (Å²) < 4.78 is 2.25. The molecule has 0 aliphatic heterocycles. The van der Waals surface area contributed by atoms with Crippen LogP contribution in [0.25, 0.3) is 50.0 Å². The lowest BCUT2D eigenvalue weighted by atomic mass is 10.1. The van der Waals surface area contributed by atoms with Gasteiger partial charge in [0.25, 0.3) is 0 Å². The van der Waals surface area contributed by atoms with Crippen molar-refractivity contribution < 1.29 is 0 Å². The van der Waals surface area contributed by atoms with E-state index in [1.165, 1.54) is 16.3 Å². The molecule has 0 spiro atoms. The number of nitrogens with zero attached hydrogens (tertiary/aromatic N) is 4. The maximum Gasteiger partial charge on any atom is 0.138 e. The van der Waals surface area contributed by atoms with Crippen LogP contribution in [-0.2, 0) is 0 Å². The van der Waals surface area contributed by atoms with Crippen LogP contribution in [0.1, 0.15) is 12.5 Å². The van der Waals surface area contributed by atoms with E-state index in [4.69, 9.17) is 4.98 Å². The van der Waals surface area contributed by atoms with Crippen molar-refractivity contribution in [2.24, 2.45) is 0 Å². The Morgan fingerprint density at radius 1 is 0.714 bits per heavy atom. The van der Waals surface area contributed by atoms with Crippen molar-refractivity contribution >= 4 is 21.8 Å². The van der Waals surface area contributed by atoms with Gasteiger partial charge in [0.15, 0.2) is 0 Å². The topological polar surface area (TPSA) is 43.6 Å². The fraction of sp³-hybridized carbons (Fsp3) is 0.0645. The third kappa shape index (κ3) is 4.34. The average molecular weight is 455 g/mol. The van der Waals surface area contributed by atoms with Crippen molar-refractivity contribution in [3.05, 3.63) is 122 Å². The summed E-state index contributed by atoms with van der Waals surface area (Å²) in [5, 5.41) is 2.46. The molecule has 6 rings (SSSR count). The lowest BCUT2D eigenvalue weighted by Gasteiger charge is -2.12. The minimum atomic E-state index is 0.875. The predicted molar refractivity (Wildman–Crippen MR) is 146 cm³/mol. The first kappa shape index (κ1) is 22.2. The monoisotopic (exact) mass is 454 g/mol. The summed E-state index contributed by atoms with van der Waals surface area (Å²) in [6.07, 6.45) is 9.07. The van der Waals surface area contributed by atoms with E-state index in [0.29, 0.717) is 0 Å². The third-order valence-electron chi connectivity index (χ3n) is 5.82. The number of aromatic nitrogens is 4. The number of para-hydroxylation sites is 1. The van der Waals surface area contributed by atoms with Crippen molar-refractivity contribution in [2.45, 2.75) is 13.8 Å². The fourth-order valence-corrected chi connectivity index (χ4v) is 4.33. The maximum absolute atomic E-state index is 5.10. The van der Waals surface area contributed by atoms with E-state index in [1.54, 1.807) is 18.5 Å².